The zero-order valence-electron chi connectivity index (χ0n) is 22.0. The molecule has 2 atom stereocenters. The highest BCUT2D eigenvalue weighted by Crippen LogP contribution is 2.28. The number of aliphatic hydroxyl groups is 1. The normalized spacial score (nSPS) is 17.4. The van der Waals surface area contributed by atoms with Crippen molar-refractivity contribution in [3.8, 4) is 11.4 Å². The third-order valence-electron chi connectivity index (χ3n) is 6.63. The predicted octanol–water partition coefficient (Wildman–Crippen LogP) is 4.72. The van der Waals surface area contributed by atoms with E-state index < -0.39 is 0 Å². The number of rotatable bonds is 8. The molecule has 0 aromatic carbocycles. The highest BCUT2D eigenvalue weighted by Gasteiger charge is 2.23. The summed E-state index contributed by atoms with van der Waals surface area (Å²) in [6.07, 6.45) is 6.04. The summed E-state index contributed by atoms with van der Waals surface area (Å²) in [5.41, 5.74) is 2.82. The van der Waals surface area contributed by atoms with Crippen LogP contribution in [0.4, 0.5) is 10.2 Å². The first kappa shape index (κ1) is 27.0. The maximum absolute atomic E-state index is 14.7. The summed E-state index contributed by atoms with van der Waals surface area (Å²) in [7, 11) is 0. The van der Waals surface area contributed by atoms with E-state index in [1.807, 2.05) is 18.2 Å². The van der Waals surface area contributed by atoms with E-state index in [-0.39, 0.29) is 24.9 Å². The monoisotopic (exact) mass is 546 g/mol. The van der Waals surface area contributed by atoms with Gasteiger partial charge in [-0.3, -0.25) is 14.8 Å². The van der Waals surface area contributed by atoms with Crippen LogP contribution < -0.4 is 10.2 Å². The molecule has 0 spiro atoms. The third-order valence-corrected chi connectivity index (χ3v) is 7.57. The Morgan fingerprint density at radius 2 is 1.90 bits per heavy atom. The third kappa shape index (κ3) is 6.69. The topological polar surface area (TPSA) is 104 Å². The van der Waals surface area contributed by atoms with Crippen molar-refractivity contribution in [2.24, 2.45) is 11.8 Å². The van der Waals surface area contributed by atoms with Crippen LogP contribution in [-0.2, 0) is 6.54 Å². The Hall–Kier alpha value is -3.63. The minimum atomic E-state index is -0.339. The number of halogens is 1. The minimum Gasteiger partial charge on any atom is -0.396 e. The maximum Gasteiger partial charge on any atom is 0.253 e. The quantitative estimate of drug-likeness (QED) is 0.306. The molecule has 8 nitrogen and oxygen atoms in total. The Kier molecular flexibility index (Phi) is 8.33. The number of nitrogens with one attached hydrogen (secondary N) is 1. The Morgan fingerprint density at radius 3 is 2.69 bits per heavy atom. The molecule has 202 valence electrons. The molecule has 0 aliphatic carbocycles. The average Bonchev–Trinajstić information content (AvgIpc) is 2.93. The van der Waals surface area contributed by atoms with Crippen LogP contribution in [0.15, 0.2) is 59.9 Å². The number of nitrogens with zero attached hydrogens (tertiary/aromatic N) is 5. The van der Waals surface area contributed by atoms with E-state index in [9.17, 15) is 9.18 Å². The standard InChI is InChI=1S/C29H31FN6O2S/c1-18-7-19(2)17-36(16-18)28-10-22(30)9-27(35-28)25-4-3-20-13-32-23(11-26(20)34-25)14-33-29(38)21-8-24(15-31-12-21)39-6-5-37/h3-4,8-13,15,18-19,37H,5-7,14,16-17H2,1-2H3,(H,33,38). The van der Waals surface area contributed by atoms with Gasteiger partial charge in [0.2, 0.25) is 0 Å². The van der Waals surface area contributed by atoms with Crippen LogP contribution in [-0.4, -0.2) is 56.4 Å². The van der Waals surface area contributed by atoms with Gasteiger partial charge >= 0.3 is 0 Å². The molecule has 39 heavy (non-hydrogen) atoms. The van der Waals surface area contributed by atoms with E-state index in [4.69, 9.17) is 15.1 Å². The first-order valence-corrected chi connectivity index (χ1v) is 14.0. The molecule has 2 N–H and O–H groups in total. The van der Waals surface area contributed by atoms with Gasteiger partial charge in [0.25, 0.3) is 5.91 Å². The molecule has 10 heteroatoms. The van der Waals surface area contributed by atoms with Crippen molar-refractivity contribution in [3.63, 3.8) is 0 Å². The van der Waals surface area contributed by atoms with E-state index in [0.29, 0.717) is 51.6 Å². The van der Waals surface area contributed by atoms with E-state index in [1.165, 1.54) is 30.1 Å². The van der Waals surface area contributed by atoms with Crippen molar-refractivity contribution in [2.75, 3.05) is 30.3 Å². The zero-order chi connectivity index (χ0) is 27.4. The summed E-state index contributed by atoms with van der Waals surface area (Å²) in [5.74, 6) is 1.61. The number of hydrogen-bond acceptors (Lipinski definition) is 8. The Balaban J connectivity index is 1.33. The largest absolute Gasteiger partial charge is 0.396 e. The van der Waals surface area contributed by atoms with Crippen molar-refractivity contribution in [3.05, 3.63) is 72.1 Å². The lowest BCUT2D eigenvalue weighted by Crippen LogP contribution is -2.39. The zero-order valence-corrected chi connectivity index (χ0v) is 22.8. The summed E-state index contributed by atoms with van der Waals surface area (Å²) in [6, 6.07) is 10.2. The van der Waals surface area contributed by atoms with Crippen molar-refractivity contribution in [1.29, 1.82) is 0 Å². The first-order valence-electron chi connectivity index (χ1n) is 13.0. The summed E-state index contributed by atoms with van der Waals surface area (Å²) in [6.45, 7) is 6.41. The molecular formula is C29H31FN6O2S. The van der Waals surface area contributed by atoms with Crippen molar-refractivity contribution >= 4 is 34.4 Å². The molecule has 1 aliphatic heterocycles. The number of carbonyl (C=O) groups is 1. The molecule has 0 radical (unpaired) electrons. The molecule has 0 bridgehead atoms. The van der Waals surface area contributed by atoms with Gasteiger partial charge < -0.3 is 15.3 Å². The number of amides is 1. The van der Waals surface area contributed by atoms with Gasteiger partial charge in [-0.15, -0.1) is 11.8 Å². The Bertz CT molecular complexity index is 1480. The Morgan fingerprint density at radius 1 is 1.08 bits per heavy atom. The molecule has 1 aliphatic rings. The fourth-order valence-corrected chi connectivity index (χ4v) is 5.66. The van der Waals surface area contributed by atoms with Gasteiger partial charge in [0.1, 0.15) is 11.6 Å². The maximum atomic E-state index is 14.7. The number of thioether (sulfide) groups is 1. The van der Waals surface area contributed by atoms with Gasteiger partial charge in [-0.1, -0.05) is 13.8 Å². The molecule has 1 amide bonds. The van der Waals surface area contributed by atoms with Crippen molar-refractivity contribution < 1.29 is 14.3 Å². The Labute approximate surface area is 231 Å². The van der Waals surface area contributed by atoms with Crippen LogP contribution in [0.25, 0.3) is 22.3 Å². The molecule has 5 rings (SSSR count). The van der Waals surface area contributed by atoms with Gasteiger partial charge in [-0.2, -0.15) is 0 Å². The van der Waals surface area contributed by atoms with Gasteiger partial charge in [0.05, 0.1) is 41.3 Å². The summed E-state index contributed by atoms with van der Waals surface area (Å²) in [5, 5.41) is 12.7. The molecule has 5 heterocycles. The number of carbonyl (C=O) groups excluding carboxylic acids is 1. The van der Waals surface area contributed by atoms with Gasteiger partial charge in [0, 0.05) is 59.8 Å². The second kappa shape index (κ2) is 12.0. The van der Waals surface area contributed by atoms with Crippen LogP contribution in [0.1, 0.15) is 36.3 Å². The summed E-state index contributed by atoms with van der Waals surface area (Å²) < 4.78 is 14.7. The fraction of sp³-hybridized carbons (Fsp3) is 0.345. The number of pyridine rings is 4. The number of hydrogen-bond donors (Lipinski definition) is 2. The van der Waals surface area contributed by atoms with Crippen LogP contribution in [0.5, 0.6) is 0 Å². The lowest BCUT2D eigenvalue weighted by atomic mass is 9.92. The van der Waals surface area contributed by atoms with Crippen LogP contribution in [0.3, 0.4) is 0 Å². The van der Waals surface area contributed by atoms with Crippen molar-refractivity contribution in [2.45, 2.75) is 31.7 Å². The molecule has 0 saturated carbocycles. The highest BCUT2D eigenvalue weighted by molar-refractivity contribution is 7.99. The van der Waals surface area contributed by atoms with E-state index in [0.717, 1.165) is 29.8 Å². The fourth-order valence-electron chi connectivity index (χ4n) is 4.98. The van der Waals surface area contributed by atoms with Gasteiger partial charge in [0.15, 0.2) is 0 Å². The molecular weight excluding hydrogens is 515 g/mol. The van der Waals surface area contributed by atoms with Gasteiger partial charge in [-0.05, 0) is 42.5 Å². The van der Waals surface area contributed by atoms with Crippen LogP contribution in [0.2, 0.25) is 0 Å². The molecule has 1 saturated heterocycles. The second-order valence-corrected chi connectivity index (χ2v) is 11.3. The SMILES string of the molecule is CC1CC(C)CN(c2cc(F)cc(-c3ccc4cnc(CNC(=O)c5cncc(SCCO)c5)cc4n3)n2)C1. The smallest absolute Gasteiger partial charge is 0.253 e. The molecule has 4 aromatic rings. The van der Waals surface area contributed by atoms with E-state index in [1.54, 1.807) is 18.5 Å². The lowest BCUT2D eigenvalue weighted by molar-refractivity contribution is 0.0950. The van der Waals surface area contributed by atoms with Gasteiger partial charge in [-0.25, -0.2) is 14.4 Å². The summed E-state index contributed by atoms with van der Waals surface area (Å²) >= 11 is 1.43. The summed E-state index contributed by atoms with van der Waals surface area (Å²) in [4.78, 5) is 33.8. The number of aromatic nitrogens is 4. The number of anilines is 1. The molecule has 1 fully saturated rings. The number of piperidine rings is 1. The molecule has 4 aromatic heterocycles. The van der Waals surface area contributed by atoms with Crippen LogP contribution >= 0.6 is 11.8 Å². The minimum absolute atomic E-state index is 0.0535. The lowest BCUT2D eigenvalue weighted by Gasteiger charge is -2.36. The average molecular weight is 547 g/mol. The van der Waals surface area contributed by atoms with Crippen molar-refractivity contribution in [1.82, 2.24) is 25.3 Å². The second-order valence-electron chi connectivity index (χ2n) is 10.1. The van der Waals surface area contributed by atoms with E-state index >= 15 is 0 Å². The molecule has 2 unspecified atom stereocenters. The number of aliphatic hydroxyl groups excluding tert-OH is 1. The van der Waals surface area contributed by atoms with E-state index in [2.05, 4.69) is 34.0 Å². The predicted molar refractivity (Wildman–Crippen MR) is 151 cm³/mol. The first-order chi connectivity index (χ1) is 18.9. The number of fused-ring (bicyclic) bond motifs is 1. The highest BCUT2D eigenvalue weighted by atomic mass is 32.2. The van der Waals surface area contributed by atoms with Crippen LogP contribution in [0, 0.1) is 17.7 Å².